The first kappa shape index (κ1) is 12.7. The molecule has 1 aromatic heterocycles. The number of hydrogen-bond donors (Lipinski definition) is 1. The van der Waals surface area contributed by atoms with Crippen LogP contribution in [0.5, 0.6) is 5.75 Å². The average molecular weight is 268 g/mol. The van der Waals surface area contributed by atoms with Crippen LogP contribution in [0.3, 0.4) is 0 Å². The van der Waals surface area contributed by atoms with Crippen LogP contribution in [-0.2, 0) is 11.3 Å². The molecule has 0 bridgehead atoms. The van der Waals surface area contributed by atoms with Gasteiger partial charge in [-0.2, -0.15) is 0 Å². The van der Waals surface area contributed by atoms with Gasteiger partial charge in [-0.25, -0.2) is 0 Å². The van der Waals surface area contributed by atoms with E-state index in [0.717, 1.165) is 18.5 Å². The summed E-state index contributed by atoms with van der Waals surface area (Å²) in [5, 5.41) is 10.00. The molecule has 0 unspecified atom stereocenters. The van der Waals surface area contributed by atoms with Crippen molar-refractivity contribution in [3.8, 4) is 5.75 Å². The van der Waals surface area contributed by atoms with E-state index < -0.39 is 0 Å². The molecule has 2 aromatic rings. The third-order valence-corrected chi connectivity index (χ3v) is 3.41. The van der Waals surface area contributed by atoms with Gasteiger partial charge in [0.1, 0.15) is 5.75 Å². The van der Waals surface area contributed by atoms with E-state index in [1.165, 1.54) is 0 Å². The molecule has 0 saturated heterocycles. The maximum Gasteiger partial charge on any atom is 0.230 e. The van der Waals surface area contributed by atoms with E-state index >= 15 is 0 Å². The minimum Gasteiger partial charge on any atom is -0.506 e. The van der Waals surface area contributed by atoms with Crippen LogP contribution >= 0.6 is 0 Å². The van der Waals surface area contributed by atoms with Gasteiger partial charge in [0.05, 0.1) is 17.9 Å². The van der Waals surface area contributed by atoms with Gasteiger partial charge in [-0.05, 0) is 37.1 Å². The van der Waals surface area contributed by atoms with Crippen molar-refractivity contribution in [1.29, 1.82) is 0 Å². The topological polar surface area (TPSA) is 53.4 Å². The zero-order chi connectivity index (χ0) is 13.9. The Labute approximate surface area is 117 Å². The second-order valence-corrected chi connectivity index (χ2v) is 5.01. The molecule has 1 amide bonds. The molecule has 1 aliphatic carbocycles. The number of phenols is 1. The quantitative estimate of drug-likeness (QED) is 0.927. The number of pyridine rings is 1. The smallest absolute Gasteiger partial charge is 0.230 e. The van der Waals surface area contributed by atoms with E-state index in [1.54, 1.807) is 29.3 Å². The molecule has 1 N–H and O–H groups in total. The maximum absolute atomic E-state index is 12.4. The van der Waals surface area contributed by atoms with E-state index in [-0.39, 0.29) is 17.6 Å². The van der Waals surface area contributed by atoms with E-state index in [9.17, 15) is 9.90 Å². The Bertz CT molecular complexity index is 609. The van der Waals surface area contributed by atoms with Gasteiger partial charge in [0.25, 0.3) is 0 Å². The van der Waals surface area contributed by atoms with Gasteiger partial charge in [-0.15, -0.1) is 0 Å². The number of rotatable bonds is 4. The predicted molar refractivity (Wildman–Crippen MR) is 76.3 cm³/mol. The van der Waals surface area contributed by atoms with E-state index in [0.29, 0.717) is 12.2 Å². The third-order valence-electron chi connectivity index (χ3n) is 3.41. The van der Waals surface area contributed by atoms with Gasteiger partial charge >= 0.3 is 0 Å². The van der Waals surface area contributed by atoms with E-state index in [2.05, 4.69) is 4.98 Å². The number of carbonyl (C=O) groups is 1. The van der Waals surface area contributed by atoms with Gasteiger partial charge in [0.15, 0.2) is 0 Å². The van der Waals surface area contributed by atoms with Crippen LogP contribution in [0.2, 0.25) is 0 Å². The minimum atomic E-state index is 0.0668. The molecule has 1 fully saturated rings. The van der Waals surface area contributed by atoms with Crippen molar-refractivity contribution in [3.63, 3.8) is 0 Å². The standard InChI is InChI=1S/C16H16N2O2/c19-15-7-2-1-6-14(15)18(16(20)12-8-9-12)11-13-5-3-4-10-17-13/h1-7,10,12,19H,8-9,11H2. The Morgan fingerprint density at radius 3 is 2.60 bits per heavy atom. The molecule has 3 rings (SSSR count). The van der Waals surface area contributed by atoms with E-state index in [1.807, 2.05) is 24.3 Å². The third kappa shape index (κ3) is 2.64. The van der Waals surface area contributed by atoms with Crippen LogP contribution in [0.15, 0.2) is 48.7 Å². The first-order valence-corrected chi connectivity index (χ1v) is 6.75. The molecule has 0 spiro atoms. The number of anilines is 1. The van der Waals surface area contributed by atoms with Crippen molar-refractivity contribution in [2.75, 3.05) is 4.90 Å². The first-order chi connectivity index (χ1) is 9.75. The number of amides is 1. The molecule has 4 nitrogen and oxygen atoms in total. The molecule has 1 aromatic carbocycles. The molecule has 1 aliphatic rings. The number of nitrogens with zero attached hydrogens (tertiary/aromatic N) is 2. The Hall–Kier alpha value is -2.36. The highest BCUT2D eigenvalue weighted by Gasteiger charge is 2.34. The summed E-state index contributed by atoms with van der Waals surface area (Å²) in [5.74, 6) is 0.285. The van der Waals surface area contributed by atoms with Crippen molar-refractivity contribution in [3.05, 3.63) is 54.4 Å². The summed E-state index contributed by atoms with van der Waals surface area (Å²) in [7, 11) is 0. The van der Waals surface area contributed by atoms with Gasteiger partial charge in [0, 0.05) is 12.1 Å². The monoisotopic (exact) mass is 268 g/mol. The number of aromatic hydroxyl groups is 1. The minimum absolute atomic E-state index is 0.0668. The number of hydrogen-bond acceptors (Lipinski definition) is 3. The fraction of sp³-hybridized carbons (Fsp3) is 0.250. The van der Waals surface area contributed by atoms with Crippen LogP contribution in [0, 0.1) is 5.92 Å². The predicted octanol–water partition coefficient (Wildman–Crippen LogP) is 2.73. The SMILES string of the molecule is O=C(C1CC1)N(Cc1ccccn1)c1ccccc1O. The molecule has 1 saturated carbocycles. The highest BCUT2D eigenvalue weighted by atomic mass is 16.3. The summed E-state index contributed by atoms with van der Waals surface area (Å²) in [5.41, 5.74) is 1.36. The Morgan fingerprint density at radius 1 is 1.20 bits per heavy atom. The van der Waals surface area contributed by atoms with Crippen molar-refractivity contribution in [1.82, 2.24) is 4.98 Å². The van der Waals surface area contributed by atoms with Gasteiger partial charge in [0.2, 0.25) is 5.91 Å². The van der Waals surface area contributed by atoms with Crippen LogP contribution in [0.25, 0.3) is 0 Å². The normalized spacial score (nSPS) is 14.0. The molecule has 0 atom stereocenters. The summed E-state index contributed by atoms with van der Waals surface area (Å²) in [6, 6.07) is 12.6. The second kappa shape index (κ2) is 5.33. The molecule has 102 valence electrons. The molecule has 0 radical (unpaired) electrons. The summed E-state index contributed by atoms with van der Waals surface area (Å²) < 4.78 is 0. The molecule has 0 aliphatic heterocycles. The molecular weight excluding hydrogens is 252 g/mol. The second-order valence-electron chi connectivity index (χ2n) is 5.01. The van der Waals surface area contributed by atoms with Crippen molar-refractivity contribution < 1.29 is 9.90 Å². The Morgan fingerprint density at radius 2 is 1.95 bits per heavy atom. The Kier molecular flexibility index (Phi) is 3.37. The summed E-state index contributed by atoms with van der Waals surface area (Å²) >= 11 is 0. The van der Waals surface area contributed by atoms with Crippen LogP contribution in [-0.4, -0.2) is 16.0 Å². The number of carbonyl (C=O) groups excluding carboxylic acids is 1. The largest absolute Gasteiger partial charge is 0.506 e. The molecule has 1 heterocycles. The molecule has 4 heteroatoms. The summed E-state index contributed by atoms with van der Waals surface area (Å²) in [6.07, 6.45) is 3.58. The lowest BCUT2D eigenvalue weighted by Gasteiger charge is -2.23. The summed E-state index contributed by atoms with van der Waals surface area (Å²) in [6.45, 7) is 0.383. The first-order valence-electron chi connectivity index (χ1n) is 6.75. The highest BCUT2D eigenvalue weighted by molar-refractivity contribution is 5.97. The summed E-state index contributed by atoms with van der Waals surface area (Å²) in [4.78, 5) is 18.3. The lowest BCUT2D eigenvalue weighted by atomic mass is 10.2. The van der Waals surface area contributed by atoms with Gasteiger partial charge in [-0.1, -0.05) is 18.2 Å². The molecule has 20 heavy (non-hydrogen) atoms. The number of phenolic OH excluding ortho intramolecular Hbond substituents is 1. The Balaban J connectivity index is 1.92. The van der Waals surface area contributed by atoms with Crippen molar-refractivity contribution >= 4 is 11.6 Å². The molecular formula is C16H16N2O2. The van der Waals surface area contributed by atoms with Crippen LogP contribution < -0.4 is 4.90 Å². The van der Waals surface area contributed by atoms with Gasteiger partial charge < -0.3 is 10.0 Å². The highest BCUT2D eigenvalue weighted by Crippen LogP contribution is 2.36. The van der Waals surface area contributed by atoms with Crippen LogP contribution in [0.1, 0.15) is 18.5 Å². The van der Waals surface area contributed by atoms with E-state index in [4.69, 9.17) is 0 Å². The lowest BCUT2D eigenvalue weighted by molar-refractivity contribution is -0.119. The zero-order valence-corrected chi connectivity index (χ0v) is 11.1. The maximum atomic E-state index is 12.4. The number of aromatic nitrogens is 1. The van der Waals surface area contributed by atoms with Crippen LogP contribution in [0.4, 0.5) is 5.69 Å². The lowest BCUT2D eigenvalue weighted by Crippen LogP contribution is -2.32. The number of para-hydroxylation sites is 2. The van der Waals surface area contributed by atoms with Gasteiger partial charge in [-0.3, -0.25) is 9.78 Å². The fourth-order valence-electron chi connectivity index (χ4n) is 2.18. The fourth-order valence-corrected chi connectivity index (χ4v) is 2.18. The zero-order valence-electron chi connectivity index (χ0n) is 11.1. The van der Waals surface area contributed by atoms with Crippen molar-refractivity contribution in [2.24, 2.45) is 5.92 Å². The average Bonchev–Trinajstić information content (AvgIpc) is 3.31. The number of benzene rings is 1. The van der Waals surface area contributed by atoms with Crippen molar-refractivity contribution in [2.45, 2.75) is 19.4 Å².